The van der Waals surface area contributed by atoms with Crippen LogP contribution < -0.4 is 0 Å². The van der Waals surface area contributed by atoms with Crippen LogP contribution in [0.4, 0.5) is 13.2 Å². The van der Waals surface area contributed by atoms with Crippen LogP contribution in [-0.4, -0.2) is 11.1 Å². The Kier molecular flexibility index (Phi) is 3.29. The van der Waals surface area contributed by atoms with Crippen molar-refractivity contribution < 1.29 is 23.1 Å². The average Bonchev–Trinajstić information content (AvgIpc) is 2.29. The fourth-order valence-corrected chi connectivity index (χ4v) is 1.94. The van der Waals surface area contributed by atoms with Crippen molar-refractivity contribution in [3.05, 3.63) is 58.9 Å². The van der Waals surface area contributed by atoms with E-state index in [1.165, 1.54) is 25.1 Å². The maximum Gasteiger partial charge on any atom is 0.335 e. The van der Waals surface area contributed by atoms with Gasteiger partial charge in [0, 0.05) is 12.1 Å². The molecule has 98 valence electrons. The average molecular weight is 266 g/mol. The number of halogens is 3. The second kappa shape index (κ2) is 4.76. The Morgan fingerprint density at radius 3 is 2.21 bits per heavy atom. The molecule has 0 saturated carbocycles. The van der Waals surface area contributed by atoms with Crippen LogP contribution in [0.25, 0.3) is 11.1 Å². The van der Waals surface area contributed by atoms with Crippen LogP contribution >= 0.6 is 0 Å². The standard InChI is InChI=1S/C14H9F3O2/c1-7-9(3-2-4-10(7)14(18)19)13-11(16)5-8(15)6-12(13)17/h2-6H,1H3,(H,18,19). The molecule has 2 aromatic rings. The molecule has 2 rings (SSSR count). The second-order valence-electron chi connectivity index (χ2n) is 4.03. The van der Waals surface area contributed by atoms with Crippen LogP contribution in [0.15, 0.2) is 30.3 Å². The highest BCUT2D eigenvalue weighted by Crippen LogP contribution is 2.31. The molecule has 19 heavy (non-hydrogen) atoms. The molecular formula is C14H9F3O2. The first kappa shape index (κ1) is 13.1. The zero-order valence-electron chi connectivity index (χ0n) is 9.88. The van der Waals surface area contributed by atoms with Gasteiger partial charge < -0.3 is 5.11 Å². The van der Waals surface area contributed by atoms with Gasteiger partial charge in [-0.2, -0.15) is 0 Å². The summed E-state index contributed by atoms with van der Waals surface area (Å²) in [6, 6.07) is 5.23. The summed E-state index contributed by atoms with van der Waals surface area (Å²) < 4.78 is 40.2. The summed E-state index contributed by atoms with van der Waals surface area (Å²) in [7, 11) is 0. The lowest BCUT2D eigenvalue weighted by Gasteiger charge is -2.11. The van der Waals surface area contributed by atoms with E-state index < -0.39 is 29.0 Å². The Morgan fingerprint density at radius 2 is 1.68 bits per heavy atom. The highest BCUT2D eigenvalue weighted by atomic mass is 19.1. The maximum absolute atomic E-state index is 13.7. The number of aromatic carboxylic acids is 1. The third-order valence-corrected chi connectivity index (χ3v) is 2.84. The molecule has 0 fully saturated rings. The molecule has 1 N–H and O–H groups in total. The number of hydrogen-bond acceptors (Lipinski definition) is 1. The fraction of sp³-hybridized carbons (Fsp3) is 0.0714. The van der Waals surface area contributed by atoms with Crippen molar-refractivity contribution in [1.82, 2.24) is 0 Å². The molecule has 0 aliphatic heterocycles. The molecule has 0 aliphatic rings. The van der Waals surface area contributed by atoms with Gasteiger partial charge in [0.25, 0.3) is 0 Å². The van der Waals surface area contributed by atoms with Gasteiger partial charge in [-0.25, -0.2) is 18.0 Å². The highest BCUT2D eigenvalue weighted by molar-refractivity contribution is 5.92. The molecule has 0 radical (unpaired) electrons. The van der Waals surface area contributed by atoms with Crippen LogP contribution in [-0.2, 0) is 0 Å². The lowest BCUT2D eigenvalue weighted by Crippen LogP contribution is -2.02. The predicted octanol–water partition coefficient (Wildman–Crippen LogP) is 3.78. The summed E-state index contributed by atoms with van der Waals surface area (Å²) in [4.78, 5) is 11.0. The van der Waals surface area contributed by atoms with Crippen molar-refractivity contribution in [2.45, 2.75) is 6.92 Å². The van der Waals surface area contributed by atoms with Crippen LogP contribution in [0.1, 0.15) is 15.9 Å². The van der Waals surface area contributed by atoms with Crippen LogP contribution in [0.5, 0.6) is 0 Å². The fourth-order valence-electron chi connectivity index (χ4n) is 1.94. The van der Waals surface area contributed by atoms with Crippen LogP contribution in [0.2, 0.25) is 0 Å². The van der Waals surface area contributed by atoms with E-state index >= 15 is 0 Å². The predicted molar refractivity (Wildman–Crippen MR) is 63.4 cm³/mol. The SMILES string of the molecule is Cc1c(C(=O)O)cccc1-c1c(F)cc(F)cc1F. The van der Waals surface area contributed by atoms with E-state index in [2.05, 4.69) is 0 Å². The van der Waals surface area contributed by atoms with Crippen molar-refractivity contribution >= 4 is 5.97 Å². The number of hydrogen-bond donors (Lipinski definition) is 1. The molecule has 0 aromatic heterocycles. The van der Waals surface area contributed by atoms with Gasteiger partial charge >= 0.3 is 5.97 Å². The zero-order chi connectivity index (χ0) is 14.2. The molecule has 0 amide bonds. The minimum Gasteiger partial charge on any atom is -0.478 e. The highest BCUT2D eigenvalue weighted by Gasteiger charge is 2.18. The molecular weight excluding hydrogens is 257 g/mol. The molecule has 0 unspecified atom stereocenters. The lowest BCUT2D eigenvalue weighted by atomic mass is 9.95. The summed E-state index contributed by atoms with van der Waals surface area (Å²) in [5, 5.41) is 8.97. The minimum absolute atomic E-state index is 0.0550. The lowest BCUT2D eigenvalue weighted by molar-refractivity contribution is 0.0696. The zero-order valence-corrected chi connectivity index (χ0v) is 9.88. The molecule has 2 nitrogen and oxygen atoms in total. The van der Waals surface area contributed by atoms with Crippen molar-refractivity contribution in [1.29, 1.82) is 0 Å². The first-order chi connectivity index (χ1) is 8.91. The van der Waals surface area contributed by atoms with E-state index in [4.69, 9.17) is 5.11 Å². The summed E-state index contributed by atoms with van der Waals surface area (Å²) in [6.07, 6.45) is 0. The number of carbonyl (C=O) groups is 1. The Hall–Kier alpha value is -2.30. The number of carboxylic acids is 1. The first-order valence-corrected chi connectivity index (χ1v) is 5.39. The smallest absolute Gasteiger partial charge is 0.335 e. The topological polar surface area (TPSA) is 37.3 Å². The molecule has 0 aliphatic carbocycles. The third kappa shape index (κ3) is 2.31. The van der Waals surface area contributed by atoms with Gasteiger partial charge in [-0.15, -0.1) is 0 Å². The van der Waals surface area contributed by atoms with Gasteiger partial charge in [0.2, 0.25) is 0 Å². The first-order valence-electron chi connectivity index (χ1n) is 5.39. The van der Waals surface area contributed by atoms with Crippen molar-refractivity contribution in [2.24, 2.45) is 0 Å². The summed E-state index contributed by atoms with van der Waals surface area (Å²) in [6.45, 7) is 1.45. The minimum atomic E-state index is -1.19. The van der Waals surface area contributed by atoms with E-state index in [-0.39, 0.29) is 16.7 Å². The molecule has 0 heterocycles. The van der Waals surface area contributed by atoms with Crippen molar-refractivity contribution in [3.63, 3.8) is 0 Å². The molecule has 0 atom stereocenters. The normalized spacial score (nSPS) is 10.5. The Morgan fingerprint density at radius 1 is 1.11 bits per heavy atom. The van der Waals surface area contributed by atoms with E-state index in [9.17, 15) is 18.0 Å². The van der Waals surface area contributed by atoms with Crippen molar-refractivity contribution in [3.8, 4) is 11.1 Å². The summed E-state index contributed by atoms with van der Waals surface area (Å²) in [5.74, 6) is -4.35. The largest absolute Gasteiger partial charge is 0.478 e. The maximum atomic E-state index is 13.7. The van der Waals surface area contributed by atoms with Gasteiger partial charge in [0.1, 0.15) is 17.5 Å². The van der Waals surface area contributed by atoms with Gasteiger partial charge in [0.05, 0.1) is 11.1 Å². The summed E-state index contributed by atoms with van der Waals surface area (Å²) in [5.41, 5.74) is -0.170. The second-order valence-corrected chi connectivity index (χ2v) is 4.03. The number of rotatable bonds is 2. The van der Waals surface area contributed by atoms with Gasteiger partial charge in [0.15, 0.2) is 0 Å². The van der Waals surface area contributed by atoms with Gasteiger partial charge in [-0.1, -0.05) is 12.1 Å². The Balaban J connectivity index is 2.73. The van der Waals surface area contributed by atoms with Gasteiger partial charge in [-0.3, -0.25) is 0 Å². The molecule has 0 saturated heterocycles. The van der Waals surface area contributed by atoms with Crippen LogP contribution in [0, 0.1) is 24.4 Å². The van der Waals surface area contributed by atoms with Crippen molar-refractivity contribution in [2.75, 3.05) is 0 Å². The summed E-state index contributed by atoms with van der Waals surface area (Å²) >= 11 is 0. The van der Waals surface area contributed by atoms with E-state index in [1.54, 1.807) is 0 Å². The van der Waals surface area contributed by atoms with E-state index in [0.29, 0.717) is 12.1 Å². The quantitative estimate of drug-likeness (QED) is 0.898. The molecule has 5 heteroatoms. The Bertz CT molecular complexity index is 643. The number of benzene rings is 2. The van der Waals surface area contributed by atoms with E-state index in [0.717, 1.165) is 0 Å². The Labute approximate surface area is 107 Å². The molecule has 0 bridgehead atoms. The van der Waals surface area contributed by atoms with E-state index in [1.807, 2.05) is 0 Å². The third-order valence-electron chi connectivity index (χ3n) is 2.84. The van der Waals surface area contributed by atoms with Gasteiger partial charge in [-0.05, 0) is 24.1 Å². The molecule has 2 aromatic carbocycles. The van der Waals surface area contributed by atoms with Crippen LogP contribution in [0.3, 0.4) is 0 Å². The monoisotopic (exact) mass is 266 g/mol. The molecule has 0 spiro atoms. The number of carboxylic acid groups (broad SMARTS) is 1.